The van der Waals surface area contributed by atoms with E-state index in [-0.39, 0.29) is 18.2 Å². The number of carbonyl (C=O) groups excluding carboxylic acids is 2. The van der Waals surface area contributed by atoms with Gasteiger partial charge in [0.25, 0.3) is 0 Å². The van der Waals surface area contributed by atoms with E-state index in [1.54, 1.807) is 18.4 Å². The summed E-state index contributed by atoms with van der Waals surface area (Å²) < 4.78 is 5.48. The number of thiophene rings is 1. The fourth-order valence-corrected chi connectivity index (χ4v) is 4.41. The molecule has 0 spiro atoms. The first kappa shape index (κ1) is 19.2. The Balaban J connectivity index is 1.67. The molecule has 1 aliphatic rings. The molecule has 1 aliphatic heterocycles. The summed E-state index contributed by atoms with van der Waals surface area (Å²) in [6.07, 6.45) is 0.155. The van der Waals surface area contributed by atoms with E-state index in [0.717, 1.165) is 27.4 Å². The molecule has 5 nitrogen and oxygen atoms in total. The molecule has 0 aliphatic carbocycles. The van der Waals surface area contributed by atoms with Gasteiger partial charge in [0.05, 0.1) is 19.6 Å². The molecule has 2 heterocycles. The molecule has 6 heteroatoms. The van der Waals surface area contributed by atoms with Gasteiger partial charge in [-0.1, -0.05) is 42.5 Å². The van der Waals surface area contributed by atoms with Crippen molar-refractivity contribution in [2.24, 2.45) is 0 Å². The smallest absolute Gasteiger partial charge is 0.231 e. The van der Waals surface area contributed by atoms with Gasteiger partial charge in [0.15, 0.2) is 0 Å². The first-order valence-electron chi connectivity index (χ1n) is 9.47. The van der Waals surface area contributed by atoms with Gasteiger partial charge in [0.2, 0.25) is 11.8 Å². The standard InChI is InChI=1S/C23H22N2O3S/c1-28-21-11-5-2-7-16(21)14-25(15-17-8-6-12-29-17)23(27)19-13-22(26)24-20-10-4-3-9-18(19)20/h2-12,19H,13-15H2,1H3,(H,24,26). The van der Waals surface area contributed by atoms with Crippen molar-refractivity contribution >= 4 is 28.8 Å². The number of hydrogen-bond acceptors (Lipinski definition) is 4. The van der Waals surface area contributed by atoms with Gasteiger partial charge in [0.1, 0.15) is 5.75 Å². The second-order valence-corrected chi connectivity index (χ2v) is 8.01. The molecule has 3 aromatic rings. The summed E-state index contributed by atoms with van der Waals surface area (Å²) in [7, 11) is 1.63. The Morgan fingerprint density at radius 3 is 2.69 bits per heavy atom. The Morgan fingerprint density at radius 1 is 1.10 bits per heavy atom. The second kappa shape index (κ2) is 8.49. The van der Waals surface area contributed by atoms with Crippen molar-refractivity contribution in [1.82, 2.24) is 4.90 Å². The minimum atomic E-state index is -0.491. The topological polar surface area (TPSA) is 58.6 Å². The molecule has 0 bridgehead atoms. The average molecular weight is 407 g/mol. The molecule has 0 saturated carbocycles. The SMILES string of the molecule is COc1ccccc1CN(Cc1cccs1)C(=O)C1CC(=O)Nc2ccccc21. The summed E-state index contributed by atoms with van der Waals surface area (Å²) in [6, 6.07) is 19.3. The number of nitrogens with zero attached hydrogens (tertiary/aromatic N) is 1. The molecule has 0 radical (unpaired) electrons. The highest BCUT2D eigenvalue weighted by atomic mass is 32.1. The maximum Gasteiger partial charge on any atom is 0.231 e. The third kappa shape index (κ3) is 4.17. The molecule has 1 atom stereocenters. The molecule has 148 valence electrons. The zero-order chi connectivity index (χ0) is 20.2. The van der Waals surface area contributed by atoms with Crippen molar-refractivity contribution in [3.63, 3.8) is 0 Å². The van der Waals surface area contributed by atoms with E-state index in [9.17, 15) is 9.59 Å². The van der Waals surface area contributed by atoms with Gasteiger partial charge in [-0.2, -0.15) is 0 Å². The summed E-state index contributed by atoms with van der Waals surface area (Å²) in [5, 5.41) is 4.87. The Labute approximate surface area is 173 Å². The van der Waals surface area contributed by atoms with Gasteiger partial charge < -0.3 is 15.0 Å². The number of methoxy groups -OCH3 is 1. The lowest BCUT2D eigenvalue weighted by Gasteiger charge is -2.31. The molecular formula is C23H22N2O3S. The van der Waals surface area contributed by atoms with Crippen LogP contribution in [-0.4, -0.2) is 23.8 Å². The Hall–Kier alpha value is -3.12. The van der Waals surface area contributed by atoms with Crippen LogP contribution in [0.4, 0.5) is 5.69 Å². The van der Waals surface area contributed by atoms with Crippen LogP contribution in [0, 0.1) is 0 Å². The van der Waals surface area contributed by atoms with E-state index in [1.807, 2.05) is 70.9 Å². The van der Waals surface area contributed by atoms with Crippen LogP contribution in [0.3, 0.4) is 0 Å². The molecule has 1 aromatic heterocycles. The summed E-state index contributed by atoms with van der Waals surface area (Å²) in [5.74, 6) is 0.0786. The largest absolute Gasteiger partial charge is 0.496 e. The number of rotatable bonds is 6. The number of amides is 2. The molecule has 2 amide bonds. The summed E-state index contributed by atoms with van der Waals surface area (Å²) >= 11 is 1.62. The number of carbonyl (C=O) groups is 2. The maximum absolute atomic E-state index is 13.6. The van der Waals surface area contributed by atoms with E-state index in [4.69, 9.17) is 4.74 Å². The van der Waals surface area contributed by atoms with Crippen LogP contribution in [0.25, 0.3) is 0 Å². The Kier molecular flexibility index (Phi) is 5.62. The molecule has 0 saturated heterocycles. The number of ether oxygens (including phenoxy) is 1. The number of anilines is 1. The molecule has 0 fully saturated rings. The van der Waals surface area contributed by atoms with Crippen molar-refractivity contribution in [1.29, 1.82) is 0 Å². The highest BCUT2D eigenvalue weighted by molar-refractivity contribution is 7.09. The monoisotopic (exact) mass is 406 g/mol. The van der Waals surface area contributed by atoms with Crippen LogP contribution in [0.15, 0.2) is 66.0 Å². The normalized spacial score (nSPS) is 15.3. The van der Waals surface area contributed by atoms with E-state index < -0.39 is 5.92 Å². The minimum absolute atomic E-state index is 0.0494. The Bertz CT molecular complexity index is 1020. The highest BCUT2D eigenvalue weighted by Crippen LogP contribution is 2.34. The van der Waals surface area contributed by atoms with Crippen LogP contribution in [-0.2, 0) is 22.7 Å². The zero-order valence-electron chi connectivity index (χ0n) is 16.1. The predicted molar refractivity (Wildman–Crippen MR) is 114 cm³/mol. The van der Waals surface area contributed by atoms with Gasteiger partial charge in [0, 0.05) is 29.1 Å². The molecule has 1 unspecified atom stereocenters. The van der Waals surface area contributed by atoms with Gasteiger partial charge in [-0.05, 0) is 29.1 Å². The lowest BCUT2D eigenvalue weighted by Crippen LogP contribution is -2.38. The maximum atomic E-state index is 13.6. The van der Waals surface area contributed by atoms with Crippen molar-refractivity contribution in [3.05, 3.63) is 82.0 Å². The van der Waals surface area contributed by atoms with Gasteiger partial charge in [-0.15, -0.1) is 11.3 Å². The minimum Gasteiger partial charge on any atom is -0.496 e. The second-order valence-electron chi connectivity index (χ2n) is 6.98. The summed E-state index contributed by atoms with van der Waals surface area (Å²) in [4.78, 5) is 28.8. The fraction of sp³-hybridized carbons (Fsp3) is 0.217. The Morgan fingerprint density at radius 2 is 1.90 bits per heavy atom. The quantitative estimate of drug-likeness (QED) is 0.660. The third-order valence-corrected chi connectivity index (χ3v) is 5.95. The molecule has 29 heavy (non-hydrogen) atoms. The van der Waals surface area contributed by atoms with E-state index in [0.29, 0.717) is 13.1 Å². The number of benzene rings is 2. The number of fused-ring (bicyclic) bond motifs is 1. The lowest BCUT2D eigenvalue weighted by molar-refractivity contribution is -0.136. The van der Waals surface area contributed by atoms with Crippen LogP contribution < -0.4 is 10.1 Å². The molecule has 4 rings (SSSR count). The predicted octanol–water partition coefficient (Wildman–Crippen LogP) is 4.41. The van der Waals surface area contributed by atoms with Gasteiger partial charge in [-0.3, -0.25) is 9.59 Å². The van der Waals surface area contributed by atoms with Gasteiger partial charge >= 0.3 is 0 Å². The first-order valence-corrected chi connectivity index (χ1v) is 10.4. The summed E-state index contributed by atoms with van der Waals surface area (Å²) in [5.41, 5.74) is 2.53. The van der Waals surface area contributed by atoms with Crippen LogP contribution in [0.2, 0.25) is 0 Å². The summed E-state index contributed by atoms with van der Waals surface area (Å²) in [6.45, 7) is 0.913. The fourth-order valence-electron chi connectivity index (χ4n) is 3.69. The van der Waals surface area contributed by atoms with Crippen LogP contribution in [0.1, 0.15) is 28.3 Å². The van der Waals surface area contributed by atoms with Crippen LogP contribution in [0.5, 0.6) is 5.75 Å². The highest BCUT2D eigenvalue weighted by Gasteiger charge is 2.33. The van der Waals surface area contributed by atoms with Crippen LogP contribution >= 0.6 is 11.3 Å². The number of hydrogen-bond donors (Lipinski definition) is 1. The molecule has 2 aromatic carbocycles. The van der Waals surface area contributed by atoms with Gasteiger partial charge in [-0.25, -0.2) is 0 Å². The zero-order valence-corrected chi connectivity index (χ0v) is 16.9. The van der Waals surface area contributed by atoms with Crippen molar-refractivity contribution in [2.75, 3.05) is 12.4 Å². The van der Waals surface area contributed by atoms with E-state index in [1.165, 1.54) is 0 Å². The first-order chi connectivity index (χ1) is 14.2. The van der Waals surface area contributed by atoms with Crippen molar-refractivity contribution < 1.29 is 14.3 Å². The molecular weight excluding hydrogens is 384 g/mol. The van der Waals surface area contributed by atoms with Crippen molar-refractivity contribution in [3.8, 4) is 5.75 Å². The average Bonchev–Trinajstić information content (AvgIpc) is 3.25. The van der Waals surface area contributed by atoms with E-state index >= 15 is 0 Å². The number of para-hydroxylation sites is 2. The van der Waals surface area contributed by atoms with Crippen molar-refractivity contribution in [2.45, 2.75) is 25.4 Å². The number of nitrogens with one attached hydrogen (secondary N) is 1. The molecule has 1 N–H and O–H groups in total. The van der Waals surface area contributed by atoms with E-state index in [2.05, 4.69) is 5.32 Å². The third-order valence-electron chi connectivity index (χ3n) is 5.09. The lowest BCUT2D eigenvalue weighted by atomic mass is 9.89.